The van der Waals surface area contributed by atoms with Gasteiger partial charge in [-0.15, -0.1) is 35.6 Å². The van der Waals surface area contributed by atoms with E-state index in [1.54, 1.807) is 0 Å². The van der Waals surface area contributed by atoms with Crippen molar-refractivity contribution in [2.45, 2.75) is 116 Å². The third-order valence-electron chi connectivity index (χ3n) is 9.79. The highest BCUT2D eigenvalue weighted by Crippen LogP contribution is 2.21. The van der Waals surface area contributed by atoms with Crippen molar-refractivity contribution in [3.05, 3.63) is 58.2 Å². The minimum Gasteiger partial charge on any atom is -0.469 e. The van der Waals surface area contributed by atoms with Crippen molar-refractivity contribution >= 4 is 47.5 Å². The zero-order valence-corrected chi connectivity index (χ0v) is 34.8. The van der Waals surface area contributed by atoms with Gasteiger partial charge in [-0.05, 0) is 166 Å². The number of carbonyl (C=O) groups is 2. The molecule has 0 bridgehead atoms. The SMILES string of the molecule is COC(=O)[C@@H](C)CCN(C)CCCCc1ccc2c(n1)CCCC2.COC(=O)[C@@H](N)CCN(C)CCCCc1ccc2c(n1)CCCC2.Cl.ClCCl. The molecule has 12 heteroatoms. The first-order valence-electron chi connectivity index (χ1n) is 19.0. The fraction of sp³-hybridized carbons (Fsp3) is 0.700. The van der Waals surface area contributed by atoms with Gasteiger partial charge in [0.1, 0.15) is 6.04 Å². The van der Waals surface area contributed by atoms with Crippen molar-refractivity contribution in [3.8, 4) is 0 Å². The highest BCUT2D eigenvalue weighted by atomic mass is 35.5. The van der Waals surface area contributed by atoms with E-state index >= 15 is 0 Å². The normalized spacial score (nSPS) is 14.3. The van der Waals surface area contributed by atoms with Gasteiger partial charge in [-0.1, -0.05) is 19.1 Å². The van der Waals surface area contributed by atoms with Crippen LogP contribution in [0.4, 0.5) is 0 Å². The molecule has 0 spiro atoms. The summed E-state index contributed by atoms with van der Waals surface area (Å²) in [6, 6.07) is 8.46. The van der Waals surface area contributed by atoms with Crippen LogP contribution in [0.1, 0.15) is 105 Å². The van der Waals surface area contributed by atoms with Gasteiger partial charge in [-0.3, -0.25) is 19.6 Å². The Balaban J connectivity index is 0.000000475. The number of methoxy groups -OCH3 is 2. The molecule has 0 saturated heterocycles. The number of halogens is 3. The molecule has 0 aromatic carbocycles. The number of esters is 2. The van der Waals surface area contributed by atoms with Gasteiger partial charge in [0.05, 0.1) is 25.5 Å². The molecule has 52 heavy (non-hydrogen) atoms. The number of nitrogens with two attached hydrogens (primary N) is 1. The Bertz CT molecular complexity index is 1190. The predicted octanol–water partition coefficient (Wildman–Crippen LogP) is 7.36. The molecule has 0 unspecified atom stereocenters. The van der Waals surface area contributed by atoms with Crippen LogP contribution in [0, 0.1) is 5.92 Å². The predicted molar refractivity (Wildman–Crippen MR) is 217 cm³/mol. The number of alkyl halides is 2. The molecule has 0 amide bonds. The average Bonchev–Trinajstić information content (AvgIpc) is 3.16. The molecular weight excluding hydrogens is 721 g/mol. The average molecular weight is 787 g/mol. The zero-order valence-electron chi connectivity index (χ0n) is 32.5. The van der Waals surface area contributed by atoms with Crippen LogP contribution >= 0.6 is 35.6 Å². The van der Waals surface area contributed by atoms with Crippen LogP contribution in [0.25, 0.3) is 0 Å². The Hall–Kier alpha value is -2.01. The number of carbonyl (C=O) groups excluding carboxylic acids is 2. The van der Waals surface area contributed by atoms with Crippen LogP contribution < -0.4 is 5.73 Å². The molecule has 9 nitrogen and oxygen atoms in total. The topological polar surface area (TPSA) is 111 Å². The number of rotatable bonds is 18. The van der Waals surface area contributed by atoms with Gasteiger partial charge in [0.2, 0.25) is 0 Å². The van der Waals surface area contributed by atoms with Gasteiger partial charge in [0, 0.05) is 22.8 Å². The molecule has 2 aromatic heterocycles. The molecule has 296 valence electrons. The van der Waals surface area contributed by atoms with Crippen LogP contribution in [-0.4, -0.2) is 97.6 Å². The van der Waals surface area contributed by atoms with Crippen molar-refractivity contribution < 1.29 is 19.1 Å². The fourth-order valence-electron chi connectivity index (χ4n) is 6.49. The number of aryl methyl sites for hydroxylation is 6. The second-order valence-electron chi connectivity index (χ2n) is 14.0. The van der Waals surface area contributed by atoms with E-state index in [1.807, 2.05) is 6.92 Å². The third kappa shape index (κ3) is 19.4. The zero-order chi connectivity index (χ0) is 37.4. The van der Waals surface area contributed by atoms with Gasteiger partial charge in [-0.25, -0.2) is 0 Å². The standard InChI is InChI=1S/C20H32N2O2.C19H31N3O2.CH2Cl2.ClH/c1-16(20(23)24-3)13-15-22(2)14-7-6-9-18-12-11-17-8-4-5-10-19(17)21-18;1-22(14-12-17(20)19(23)24-2)13-6-5-8-16-11-10-15-7-3-4-9-18(15)21-16;2-1-3;/h11-12,16H,4-10,13-15H2,1-3H3;10-11,17H,3-9,12-14,20H2,1-2H3;1H2;1H/t16-;17-;;/m00../s1. The maximum atomic E-state index is 11.4. The number of fused-ring (bicyclic) bond motifs is 2. The molecule has 0 aliphatic heterocycles. The summed E-state index contributed by atoms with van der Waals surface area (Å²) in [5.74, 6) is -0.457. The monoisotopic (exact) mass is 785 g/mol. The van der Waals surface area contributed by atoms with E-state index in [9.17, 15) is 9.59 Å². The van der Waals surface area contributed by atoms with Crippen LogP contribution in [0.15, 0.2) is 24.3 Å². The lowest BCUT2D eigenvalue weighted by Gasteiger charge is -2.18. The van der Waals surface area contributed by atoms with Crippen LogP contribution in [-0.2, 0) is 57.6 Å². The van der Waals surface area contributed by atoms with Gasteiger partial charge in [-0.2, -0.15) is 0 Å². The maximum Gasteiger partial charge on any atom is 0.322 e. The van der Waals surface area contributed by atoms with Crippen molar-refractivity contribution in [3.63, 3.8) is 0 Å². The van der Waals surface area contributed by atoms with Crippen LogP contribution in [0.5, 0.6) is 0 Å². The lowest BCUT2D eigenvalue weighted by Crippen LogP contribution is -2.35. The van der Waals surface area contributed by atoms with Gasteiger partial charge >= 0.3 is 11.9 Å². The number of unbranched alkanes of at least 4 members (excludes halogenated alkanes) is 2. The summed E-state index contributed by atoms with van der Waals surface area (Å²) in [4.78, 5) is 36.9. The highest BCUT2D eigenvalue weighted by Gasteiger charge is 2.16. The van der Waals surface area contributed by atoms with Crippen molar-refractivity contribution in [2.75, 3.05) is 59.8 Å². The summed E-state index contributed by atoms with van der Waals surface area (Å²) in [6.07, 6.45) is 18.1. The van der Waals surface area contributed by atoms with Gasteiger partial charge in [0.15, 0.2) is 0 Å². The van der Waals surface area contributed by atoms with Crippen molar-refractivity contribution in [1.29, 1.82) is 0 Å². The van der Waals surface area contributed by atoms with Gasteiger partial charge in [0.25, 0.3) is 0 Å². The molecule has 2 N–H and O–H groups in total. The summed E-state index contributed by atoms with van der Waals surface area (Å²) in [7, 11) is 7.03. The molecular formula is C40H66Cl3N5O4. The Morgan fingerprint density at radius 3 is 1.58 bits per heavy atom. The second kappa shape index (κ2) is 28.4. The Labute approximate surface area is 330 Å². The fourth-order valence-corrected chi connectivity index (χ4v) is 6.49. The summed E-state index contributed by atoms with van der Waals surface area (Å²) in [5, 5.41) is 0.194. The number of aromatic nitrogens is 2. The first-order valence-corrected chi connectivity index (χ1v) is 20.0. The van der Waals surface area contributed by atoms with Crippen molar-refractivity contribution in [1.82, 2.24) is 19.8 Å². The smallest absolute Gasteiger partial charge is 0.322 e. The largest absolute Gasteiger partial charge is 0.469 e. The molecule has 2 atom stereocenters. The number of ether oxygens (including phenoxy) is 2. The summed E-state index contributed by atoms with van der Waals surface area (Å²) in [6.45, 7) is 5.76. The van der Waals surface area contributed by atoms with E-state index in [2.05, 4.69) is 52.9 Å². The Morgan fingerprint density at radius 1 is 0.712 bits per heavy atom. The number of hydrogen-bond donors (Lipinski definition) is 1. The van der Waals surface area contributed by atoms with E-state index < -0.39 is 6.04 Å². The van der Waals surface area contributed by atoms with E-state index in [-0.39, 0.29) is 35.6 Å². The van der Waals surface area contributed by atoms with Crippen LogP contribution in [0.2, 0.25) is 0 Å². The van der Waals surface area contributed by atoms with Gasteiger partial charge < -0.3 is 25.0 Å². The van der Waals surface area contributed by atoms with Crippen LogP contribution in [0.3, 0.4) is 0 Å². The molecule has 0 fully saturated rings. The maximum absolute atomic E-state index is 11.4. The molecule has 0 radical (unpaired) electrons. The van der Waals surface area contributed by atoms with E-state index in [0.29, 0.717) is 6.42 Å². The Morgan fingerprint density at radius 2 is 1.13 bits per heavy atom. The van der Waals surface area contributed by atoms with E-state index in [1.165, 1.54) is 99.5 Å². The summed E-state index contributed by atoms with van der Waals surface area (Å²) in [5.41, 5.74) is 13.8. The summed E-state index contributed by atoms with van der Waals surface area (Å²) < 4.78 is 9.41. The lowest BCUT2D eigenvalue weighted by molar-refractivity contribution is -0.145. The lowest BCUT2D eigenvalue weighted by atomic mass is 9.95. The second-order valence-corrected chi connectivity index (χ2v) is 14.8. The van der Waals surface area contributed by atoms with E-state index in [0.717, 1.165) is 71.1 Å². The number of nitrogens with zero attached hydrogens (tertiary/aromatic N) is 4. The molecule has 2 aromatic rings. The molecule has 2 heterocycles. The molecule has 2 aliphatic carbocycles. The molecule has 4 rings (SSSR count). The Kier molecular flexibility index (Phi) is 26.3. The summed E-state index contributed by atoms with van der Waals surface area (Å²) >= 11 is 9.53. The first-order chi connectivity index (χ1) is 24.6. The van der Waals surface area contributed by atoms with E-state index in [4.69, 9.17) is 43.6 Å². The highest BCUT2D eigenvalue weighted by molar-refractivity contribution is 6.40. The number of hydrogen-bond acceptors (Lipinski definition) is 9. The quantitative estimate of drug-likeness (QED) is 0.0942. The first kappa shape index (κ1) is 48.0. The molecule has 0 saturated carbocycles. The number of pyridine rings is 2. The third-order valence-corrected chi connectivity index (χ3v) is 9.79. The molecule has 2 aliphatic rings. The van der Waals surface area contributed by atoms with Crippen molar-refractivity contribution in [2.24, 2.45) is 11.7 Å². The minimum absolute atomic E-state index is 0. The minimum atomic E-state index is -0.517.